The average Bonchev–Trinajstić information content (AvgIpc) is 2.75. The summed E-state index contributed by atoms with van der Waals surface area (Å²) in [5, 5.41) is 8.08. The smallest absolute Gasteiger partial charge is 0.241 e. The summed E-state index contributed by atoms with van der Waals surface area (Å²) in [6.45, 7) is 4.86. The Morgan fingerprint density at radius 1 is 1.29 bits per heavy atom. The van der Waals surface area contributed by atoms with Gasteiger partial charge >= 0.3 is 0 Å². The first-order valence-corrected chi connectivity index (χ1v) is 7.21. The van der Waals surface area contributed by atoms with Crippen LogP contribution in [0.4, 0.5) is 0 Å². The summed E-state index contributed by atoms with van der Waals surface area (Å²) < 4.78 is 5.34. The molecule has 0 radical (unpaired) electrons. The van der Waals surface area contributed by atoms with Crippen molar-refractivity contribution in [1.29, 1.82) is 0 Å². The monoisotopic (exact) mass is 328 g/mol. The molecule has 3 rings (SSSR count). The van der Waals surface area contributed by atoms with Crippen LogP contribution in [0, 0.1) is 0 Å². The molecule has 5 nitrogen and oxygen atoms in total. The number of aromatic nitrogens is 2. The highest BCUT2D eigenvalue weighted by molar-refractivity contribution is 6.30. The topological polar surface area (TPSA) is 54.2 Å². The second-order valence-electron chi connectivity index (χ2n) is 4.90. The van der Waals surface area contributed by atoms with Crippen LogP contribution in [0.25, 0.3) is 11.4 Å². The minimum Gasteiger partial charge on any atom is -0.338 e. The molecular weight excluding hydrogens is 311 g/mol. The zero-order chi connectivity index (χ0) is 13.8. The predicted octanol–water partition coefficient (Wildman–Crippen LogP) is 2.61. The highest BCUT2D eigenvalue weighted by Crippen LogP contribution is 2.20. The molecule has 1 saturated heterocycles. The maximum Gasteiger partial charge on any atom is 0.241 e. The fourth-order valence-electron chi connectivity index (χ4n) is 2.31. The summed E-state index contributed by atoms with van der Waals surface area (Å²) in [7, 11) is 0. The Balaban J connectivity index is 0.00000161. The molecule has 0 atom stereocenters. The van der Waals surface area contributed by atoms with E-state index < -0.39 is 0 Å². The Labute approximate surface area is 135 Å². The van der Waals surface area contributed by atoms with Crippen molar-refractivity contribution in [2.75, 3.05) is 26.2 Å². The van der Waals surface area contributed by atoms with Crippen molar-refractivity contribution in [2.24, 2.45) is 0 Å². The van der Waals surface area contributed by atoms with Gasteiger partial charge in [-0.1, -0.05) is 28.9 Å². The van der Waals surface area contributed by atoms with Gasteiger partial charge in [0.1, 0.15) is 0 Å². The van der Waals surface area contributed by atoms with Gasteiger partial charge in [0.2, 0.25) is 11.7 Å². The third-order valence-corrected chi connectivity index (χ3v) is 3.58. The van der Waals surface area contributed by atoms with Gasteiger partial charge < -0.3 is 9.84 Å². The quantitative estimate of drug-likeness (QED) is 0.938. The van der Waals surface area contributed by atoms with E-state index in [2.05, 4.69) is 20.4 Å². The lowest BCUT2D eigenvalue weighted by atomic mass is 10.2. The van der Waals surface area contributed by atoms with Crippen LogP contribution < -0.4 is 5.32 Å². The molecule has 2 heterocycles. The number of nitrogens with one attached hydrogen (secondary N) is 1. The Bertz CT molecular complexity index is 568. The molecule has 0 amide bonds. The predicted molar refractivity (Wildman–Crippen MR) is 84.8 cm³/mol. The van der Waals surface area contributed by atoms with E-state index in [0.717, 1.165) is 38.2 Å². The van der Waals surface area contributed by atoms with E-state index in [-0.39, 0.29) is 12.4 Å². The fraction of sp³-hybridized carbons (Fsp3) is 0.429. The van der Waals surface area contributed by atoms with Gasteiger partial charge in [0.15, 0.2) is 0 Å². The van der Waals surface area contributed by atoms with Crippen molar-refractivity contribution in [3.8, 4) is 11.4 Å². The van der Waals surface area contributed by atoms with E-state index in [4.69, 9.17) is 16.1 Å². The highest BCUT2D eigenvalue weighted by atomic mass is 35.5. The molecule has 0 saturated carbocycles. The fourth-order valence-corrected chi connectivity index (χ4v) is 2.51. The molecule has 0 unspecified atom stereocenters. The molecule has 1 aromatic heterocycles. The van der Waals surface area contributed by atoms with Gasteiger partial charge in [-0.05, 0) is 31.6 Å². The minimum atomic E-state index is 0. The molecule has 0 aliphatic carbocycles. The van der Waals surface area contributed by atoms with E-state index in [1.807, 2.05) is 24.3 Å². The Morgan fingerprint density at radius 2 is 2.19 bits per heavy atom. The van der Waals surface area contributed by atoms with E-state index in [9.17, 15) is 0 Å². The molecule has 1 N–H and O–H groups in total. The van der Waals surface area contributed by atoms with E-state index in [1.165, 1.54) is 0 Å². The molecular formula is C14H18Cl2N4O. The number of halogens is 2. The number of hydrogen-bond donors (Lipinski definition) is 1. The molecule has 114 valence electrons. The van der Waals surface area contributed by atoms with Crippen molar-refractivity contribution in [1.82, 2.24) is 20.4 Å². The summed E-state index contributed by atoms with van der Waals surface area (Å²) >= 11 is 5.97. The van der Waals surface area contributed by atoms with Crippen molar-refractivity contribution >= 4 is 24.0 Å². The van der Waals surface area contributed by atoms with Crippen LogP contribution in [0.5, 0.6) is 0 Å². The average molecular weight is 329 g/mol. The number of benzene rings is 1. The molecule has 1 aliphatic rings. The van der Waals surface area contributed by atoms with Crippen LogP contribution in [-0.2, 0) is 6.54 Å². The van der Waals surface area contributed by atoms with E-state index in [0.29, 0.717) is 23.3 Å². The third kappa shape index (κ3) is 4.41. The maximum atomic E-state index is 5.97. The van der Waals surface area contributed by atoms with E-state index in [1.54, 1.807) is 0 Å². The Morgan fingerprint density at radius 3 is 3.05 bits per heavy atom. The standard InChI is InChI=1S/C14H17ClN4O.ClH/c15-12-4-1-3-11(9-12)14-17-13(20-18-14)10-19-7-2-5-16-6-8-19;/h1,3-4,9,16H,2,5-8,10H2;1H. The SMILES string of the molecule is Cl.Clc1cccc(-c2noc(CN3CCCNCC3)n2)c1. The highest BCUT2D eigenvalue weighted by Gasteiger charge is 2.14. The van der Waals surface area contributed by atoms with Gasteiger partial charge in [0.25, 0.3) is 0 Å². The summed E-state index contributed by atoms with van der Waals surface area (Å²) in [4.78, 5) is 6.78. The molecule has 0 spiro atoms. The lowest BCUT2D eigenvalue weighted by Gasteiger charge is -2.16. The number of hydrogen-bond acceptors (Lipinski definition) is 5. The Hall–Kier alpha value is -1.14. The lowest BCUT2D eigenvalue weighted by molar-refractivity contribution is 0.239. The largest absolute Gasteiger partial charge is 0.338 e. The Kier molecular flexibility index (Phi) is 5.99. The number of nitrogens with zero attached hydrogens (tertiary/aromatic N) is 3. The molecule has 2 aromatic rings. The van der Waals surface area contributed by atoms with Crippen LogP contribution >= 0.6 is 24.0 Å². The lowest BCUT2D eigenvalue weighted by Crippen LogP contribution is -2.27. The third-order valence-electron chi connectivity index (χ3n) is 3.34. The minimum absolute atomic E-state index is 0. The van der Waals surface area contributed by atoms with Gasteiger partial charge in [-0.3, -0.25) is 4.90 Å². The zero-order valence-electron chi connectivity index (χ0n) is 11.6. The van der Waals surface area contributed by atoms with Crippen molar-refractivity contribution in [2.45, 2.75) is 13.0 Å². The number of rotatable bonds is 3. The first-order chi connectivity index (χ1) is 9.81. The van der Waals surface area contributed by atoms with E-state index >= 15 is 0 Å². The summed E-state index contributed by atoms with van der Waals surface area (Å²) in [6.07, 6.45) is 1.15. The van der Waals surface area contributed by atoms with Crippen LogP contribution in [0.2, 0.25) is 5.02 Å². The molecule has 1 aliphatic heterocycles. The van der Waals surface area contributed by atoms with Crippen LogP contribution in [-0.4, -0.2) is 41.2 Å². The van der Waals surface area contributed by atoms with Gasteiger partial charge in [0, 0.05) is 23.7 Å². The molecule has 1 fully saturated rings. The second kappa shape index (κ2) is 7.75. The van der Waals surface area contributed by atoms with Crippen LogP contribution in [0.3, 0.4) is 0 Å². The van der Waals surface area contributed by atoms with Crippen molar-refractivity contribution < 1.29 is 4.52 Å². The van der Waals surface area contributed by atoms with Gasteiger partial charge in [-0.2, -0.15) is 4.98 Å². The van der Waals surface area contributed by atoms with Gasteiger partial charge in [-0.15, -0.1) is 12.4 Å². The summed E-state index contributed by atoms with van der Waals surface area (Å²) in [5.74, 6) is 1.25. The zero-order valence-corrected chi connectivity index (χ0v) is 13.2. The molecule has 7 heteroatoms. The summed E-state index contributed by atoms with van der Waals surface area (Å²) in [6, 6.07) is 7.48. The van der Waals surface area contributed by atoms with Crippen molar-refractivity contribution in [3.63, 3.8) is 0 Å². The van der Waals surface area contributed by atoms with Crippen LogP contribution in [0.15, 0.2) is 28.8 Å². The first-order valence-electron chi connectivity index (χ1n) is 6.83. The van der Waals surface area contributed by atoms with Gasteiger partial charge in [0.05, 0.1) is 6.54 Å². The van der Waals surface area contributed by atoms with Crippen LogP contribution in [0.1, 0.15) is 12.3 Å². The first kappa shape index (κ1) is 16.2. The maximum absolute atomic E-state index is 5.97. The summed E-state index contributed by atoms with van der Waals surface area (Å²) in [5.41, 5.74) is 0.880. The molecule has 21 heavy (non-hydrogen) atoms. The molecule has 1 aromatic carbocycles. The normalized spacial score (nSPS) is 16.2. The van der Waals surface area contributed by atoms with Gasteiger partial charge in [-0.25, -0.2) is 0 Å². The second-order valence-corrected chi connectivity index (χ2v) is 5.34. The van der Waals surface area contributed by atoms with Crippen molar-refractivity contribution in [3.05, 3.63) is 35.2 Å². The molecule has 0 bridgehead atoms.